The quantitative estimate of drug-likeness (QED) is 0.257. The van der Waals surface area contributed by atoms with Crippen molar-refractivity contribution in [2.45, 2.75) is 39.3 Å². The highest BCUT2D eigenvalue weighted by Crippen LogP contribution is 2.32. The zero-order valence-electron chi connectivity index (χ0n) is 18.8. The number of nitrogens with one attached hydrogen (secondary N) is 1. The zero-order valence-corrected chi connectivity index (χ0v) is 20.5. The number of halogens is 1. The van der Waals surface area contributed by atoms with Gasteiger partial charge in [0.15, 0.2) is 11.6 Å². The predicted octanol–water partition coefficient (Wildman–Crippen LogP) is 5.91. The molecule has 166 valence electrons. The third-order valence-electron chi connectivity index (χ3n) is 5.04. The van der Waals surface area contributed by atoms with Gasteiger partial charge >= 0.3 is 0 Å². The minimum Gasteiger partial charge on any atom is -0.360 e. The maximum atomic E-state index is 6.39. The van der Waals surface area contributed by atoms with E-state index in [0.29, 0.717) is 23.4 Å². The van der Waals surface area contributed by atoms with Crippen molar-refractivity contribution in [3.8, 4) is 11.3 Å². The number of aryl methyl sites for hydroxylation is 1. The van der Waals surface area contributed by atoms with Crippen LogP contribution in [0.25, 0.3) is 22.2 Å². The number of hydrogen-bond donors (Lipinski definition) is 1. The monoisotopic (exact) mass is 466 g/mol. The molecule has 0 unspecified atom stereocenters. The van der Waals surface area contributed by atoms with E-state index in [1.807, 2.05) is 54.1 Å². The van der Waals surface area contributed by atoms with Gasteiger partial charge < -0.3 is 10.1 Å². The summed E-state index contributed by atoms with van der Waals surface area (Å²) in [5.74, 6) is 1.31. The molecular weight excluding hydrogens is 440 g/mol. The first-order valence-corrected chi connectivity index (χ1v) is 14.7. The Hall–Kier alpha value is -2.81. The van der Waals surface area contributed by atoms with E-state index in [4.69, 9.17) is 21.4 Å². The maximum Gasteiger partial charge on any atom is 0.161 e. The Morgan fingerprint density at radius 2 is 1.94 bits per heavy atom. The lowest BCUT2D eigenvalue weighted by molar-refractivity contribution is 0.0819. The van der Waals surface area contributed by atoms with Crippen molar-refractivity contribution < 1.29 is 4.74 Å². The Morgan fingerprint density at radius 1 is 1.09 bits per heavy atom. The van der Waals surface area contributed by atoms with Crippen molar-refractivity contribution in [1.82, 2.24) is 25.0 Å². The van der Waals surface area contributed by atoms with Gasteiger partial charge in [-0.3, -0.25) is 4.98 Å². The summed E-state index contributed by atoms with van der Waals surface area (Å²) < 4.78 is 7.83. The number of aromatic nitrogens is 5. The number of benzene rings is 1. The van der Waals surface area contributed by atoms with Crippen LogP contribution in [0, 0.1) is 6.92 Å². The molecule has 4 rings (SSSR count). The van der Waals surface area contributed by atoms with Crippen LogP contribution in [-0.4, -0.2) is 39.6 Å². The molecule has 0 aliphatic carbocycles. The fraction of sp³-hybridized carbons (Fsp3) is 0.304. The second-order valence-electron chi connectivity index (χ2n) is 8.95. The standard InChI is InChI=1S/C23H27ClN6OSi/c1-16-7-10-21(28-27-16)26-23-18-14-17(22-19(24)6-5-11-25-22)8-9-20(18)30(29-23)15-31-12-13-32(2,3)4/h5-11,14H,12-13,15H2,1-4H3,(H,26,28,29). The van der Waals surface area contributed by atoms with Gasteiger partial charge in [-0.25, -0.2) is 4.68 Å². The number of hydrogen-bond acceptors (Lipinski definition) is 6. The Balaban J connectivity index is 1.69. The molecule has 0 radical (unpaired) electrons. The Kier molecular flexibility index (Phi) is 6.54. The van der Waals surface area contributed by atoms with Crippen molar-refractivity contribution in [3.05, 3.63) is 59.4 Å². The van der Waals surface area contributed by atoms with Crippen LogP contribution in [0.1, 0.15) is 5.69 Å². The van der Waals surface area contributed by atoms with E-state index in [1.165, 1.54) is 0 Å². The molecule has 3 aromatic heterocycles. The molecule has 7 nitrogen and oxygen atoms in total. The molecular formula is C23H27ClN6OSi. The molecule has 0 bridgehead atoms. The molecule has 3 heterocycles. The molecule has 0 aliphatic rings. The van der Waals surface area contributed by atoms with Gasteiger partial charge in [0.25, 0.3) is 0 Å². The van der Waals surface area contributed by atoms with Crippen molar-refractivity contribution >= 4 is 42.2 Å². The lowest BCUT2D eigenvalue weighted by Crippen LogP contribution is -2.22. The van der Waals surface area contributed by atoms with Crippen molar-refractivity contribution in [1.29, 1.82) is 0 Å². The van der Waals surface area contributed by atoms with Gasteiger partial charge in [0.05, 0.1) is 21.9 Å². The van der Waals surface area contributed by atoms with Crippen molar-refractivity contribution in [2.24, 2.45) is 0 Å². The molecule has 32 heavy (non-hydrogen) atoms. The fourth-order valence-electron chi connectivity index (χ4n) is 3.23. The van der Waals surface area contributed by atoms with Crippen LogP contribution in [0.2, 0.25) is 30.7 Å². The first-order valence-electron chi connectivity index (χ1n) is 10.6. The van der Waals surface area contributed by atoms with Crippen LogP contribution in [0.4, 0.5) is 11.6 Å². The van der Waals surface area contributed by atoms with Crippen LogP contribution < -0.4 is 5.32 Å². The highest BCUT2D eigenvalue weighted by molar-refractivity contribution is 6.76. The molecule has 0 atom stereocenters. The third-order valence-corrected chi connectivity index (χ3v) is 7.05. The normalized spacial score (nSPS) is 11.8. The van der Waals surface area contributed by atoms with Gasteiger partial charge in [0, 0.05) is 31.8 Å². The molecule has 0 spiro atoms. The van der Waals surface area contributed by atoms with Crippen molar-refractivity contribution in [3.63, 3.8) is 0 Å². The van der Waals surface area contributed by atoms with E-state index < -0.39 is 8.07 Å². The number of fused-ring (bicyclic) bond motifs is 1. The minimum atomic E-state index is -1.15. The molecule has 0 saturated carbocycles. The largest absolute Gasteiger partial charge is 0.360 e. The van der Waals surface area contributed by atoms with Crippen LogP contribution in [0.15, 0.2) is 48.7 Å². The summed E-state index contributed by atoms with van der Waals surface area (Å²) in [5.41, 5.74) is 3.46. The smallest absolute Gasteiger partial charge is 0.161 e. The van der Waals surface area contributed by atoms with Crippen LogP contribution in [0.5, 0.6) is 0 Å². The summed E-state index contributed by atoms with van der Waals surface area (Å²) in [5, 5.41) is 17.9. The number of anilines is 2. The summed E-state index contributed by atoms with van der Waals surface area (Å²) in [6, 6.07) is 14.6. The number of ether oxygens (including phenoxy) is 1. The van der Waals surface area contributed by atoms with Gasteiger partial charge in [-0.2, -0.15) is 10.2 Å². The minimum absolute atomic E-state index is 0.381. The summed E-state index contributed by atoms with van der Waals surface area (Å²) in [6.45, 7) is 10.0. The van der Waals surface area contributed by atoms with Crippen LogP contribution >= 0.6 is 11.6 Å². The van der Waals surface area contributed by atoms with Gasteiger partial charge in [0.2, 0.25) is 0 Å². The van der Waals surface area contributed by atoms with Crippen molar-refractivity contribution in [2.75, 3.05) is 11.9 Å². The number of nitrogens with zero attached hydrogens (tertiary/aromatic N) is 5. The summed E-state index contributed by atoms with van der Waals surface area (Å²) >= 11 is 6.39. The van der Waals surface area contributed by atoms with Crippen LogP contribution in [-0.2, 0) is 11.5 Å². The zero-order chi connectivity index (χ0) is 22.7. The highest BCUT2D eigenvalue weighted by Gasteiger charge is 2.16. The summed E-state index contributed by atoms with van der Waals surface area (Å²) in [7, 11) is -1.15. The topological polar surface area (TPSA) is 77.8 Å². The lowest BCUT2D eigenvalue weighted by atomic mass is 10.1. The summed E-state index contributed by atoms with van der Waals surface area (Å²) in [4.78, 5) is 4.45. The molecule has 1 N–H and O–H groups in total. The fourth-order valence-corrected chi connectivity index (χ4v) is 4.22. The highest BCUT2D eigenvalue weighted by atomic mass is 35.5. The average molecular weight is 467 g/mol. The summed E-state index contributed by atoms with van der Waals surface area (Å²) in [6.07, 6.45) is 1.74. The van der Waals surface area contributed by atoms with E-state index >= 15 is 0 Å². The van der Waals surface area contributed by atoms with E-state index in [9.17, 15) is 0 Å². The van der Waals surface area contributed by atoms with Gasteiger partial charge in [-0.05, 0) is 49.4 Å². The molecule has 9 heteroatoms. The number of pyridine rings is 1. The van der Waals surface area contributed by atoms with E-state index in [1.54, 1.807) is 6.20 Å². The second-order valence-corrected chi connectivity index (χ2v) is 15.0. The molecule has 4 aromatic rings. The average Bonchev–Trinajstić information content (AvgIpc) is 3.09. The molecule has 0 saturated heterocycles. The van der Waals surface area contributed by atoms with Crippen LogP contribution in [0.3, 0.4) is 0 Å². The Morgan fingerprint density at radius 3 is 2.66 bits per heavy atom. The molecule has 1 aromatic carbocycles. The molecule has 0 amide bonds. The van der Waals surface area contributed by atoms with Gasteiger partial charge in [0.1, 0.15) is 6.73 Å². The maximum absolute atomic E-state index is 6.39. The SMILES string of the molecule is Cc1ccc(Nc2nn(COCC[Si](C)(C)C)c3ccc(-c4ncccc4Cl)cc23)nn1. The van der Waals surface area contributed by atoms with E-state index in [2.05, 4.69) is 40.1 Å². The first-order chi connectivity index (χ1) is 15.3. The lowest BCUT2D eigenvalue weighted by Gasteiger charge is -2.15. The number of rotatable bonds is 8. The van der Waals surface area contributed by atoms with Gasteiger partial charge in [-0.1, -0.05) is 37.3 Å². The molecule has 0 aliphatic heterocycles. The van der Waals surface area contributed by atoms with E-state index in [0.717, 1.165) is 40.5 Å². The Bertz CT molecular complexity index is 1220. The second kappa shape index (κ2) is 9.36. The third kappa shape index (κ3) is 5.32. The molecule has 0 fully saturated rings. The predicted molar refractivity (Wildman–Crippen MR) is 132 cm³/mol. The van der Waals surface area contributed by atoms with Gasteiger partial charge in [-0.15, -0.1) is 5.10 Å². The van der Waals surface area contributed by atoms with E-state index in [-0.39, 0.29) is 0 Å². The Labute approximate surface area is 193 Å². The first kappa shape index (κ1) is 22.4.